The van der Waals surface area contributed by atoms with Crippen LogP contribution < -0.4 is 9.64 Å². The molecule has 4 aromatic rings. The number of halogens is 1. The summed E-state index contributed by atoms with van der Waals surface area (Å²) in [7, 11) is 0. The van der Waals surface area contributed by atoms with E-state index in [0.717, 1.165) is 42.1 Å². The van der Waals surface area contributed by atoms with Crippen LogP contribution in [0.15, 0.2) is 108 Å². The number of hydrogen-bond donors (Lipinski definition) is 0. The Balaban J connectivity index is 1.11. The van der Waals surface area contributed by atoms with Gasteiger partial charge in [-0.2, -0.15) is 0 Å². The van der Waals surface area contributed by atoms with E-state index in [1.807, 2.05) is 59.5 Å². The number of carbonyl (C=O) groups is 1. The number of ether oxygens (including phenoxy) is 1. The van der Waals surface area contributed by atoms with E-state index < -0.39 is 0 Å². The maximum absolute atomic E-state index is 13.2. The summed E-state index contributed by atoms with van der Waals surface area (Å²) in [5, 5.41) is 0. The number of carbonyl (C=O) groups excluding carboxylic acids is 1. The molecule has 2 aliphatic heterocycles. The Morgan fingerprint density at radius 1 is 0.789 bits per heavy atom. The van der Waals surface area contributed by atoms with Crippen molar-refractivity contribution in [2.45, 2.75) is 12.1 Å². The van der Waals surface area contributed by atoms with Crippen LogP contribution in [0.1, 0.15) is 22.0 Å². The first-order chi connectivity index (χ1) is 18.6. The SMILES string of the molecule is O=C(c1ccccc1)N1CCN(C2CN(c3ccc(Oc4ccc(Br)nc4)cc3)C2)C(c2ccccc2)C1. The molecule has 0 spiro atoms. The first-order valence-electron chi connectivity index (χ1n) is 12.9. The Hall–Kier alpha value is -3.68. The van der Waals surface area contributed by atoms with Crippen molar-refractivity contribution in [2.24, 2.45) is 0 Å². The molecule has 1 aromatic heterocycles. The van der Waals surface area contributed by atoms with Crippen LogP contribution >= 0.6 is 15.9 Å². The Morgan fingerprint density at radius 2 is 1.47 bits per heavy atom. The lowest BCUT2D eigenvalue weighted by Crippen LogP contribution is -2.64. The summed E-state index contributed by atoms with van der Waals surface area (Å²) in [5.41, 5.74) is 3.21. The highest BCUT2D eigenvalue weighted by Gasteiger charge is 2.40. The van der Waals surface area contributed by atoms with Gasteiger partial charge in [0.05, 0.1) is 12.2 Å². The summed E-state index contributed by atoms with van der Waals surface area (Å²) in [6.07, 6.45) is 1.70. The zero-order valence-corrected chi connectivity index (χ0v) is 22.6. The molecule has 1 unspecified atom stereocenters. The highest BCUT2D eigenvalue weighted by atomic mass is 79.9. The third-order valence-electron chi connectivity index (χ3n) is 7.38. The maximum atomic E-state index is 13.2. The second-order valence-corrected chi connectivity index (χ2v) is 10.6. The van der Waals surface area contributed by atoms with Crippen molar-refractivity contribution in [3.63, 3.8) is 0 Å². The fourth-order valence-electron chi connectivity index (χ4n) is 5.31. The summed E-state index contributed by atoms with van der Waals surface area (Å²) in [6.45, 7) is 4.24. The van der Waals surface area contributed by atoms with Crippen LogP contribution in [0.4, 0.5) is 5.69 Å². The summed E-state index contributed by atoms with van der Waals surface area (Å²) in [5.74, 6) is 1.61. The van der Waals surface area contributed by atoms with Gasteiger partial charge in [-0.25, -0.2) is 4.98 Å². The van der Waals surface area contributed by atoms with Crippen molar-refractivity contribution >= 4 is 27.5 Å². The lowest BCUT2D eigenvalue weighted by Gasteiger charge is -2.52. The van der Waals surface area contributed by atoms with Gasteiger partial charge in [-0.15, -0.1) is 0 Å². The third kappa shape index (κ3) is 5.30. The monoisotopic (exact) mass is 568 g/mol. The Bertz CT molecular complexity index is 1360. The van der Waals surface area contributed by atoms with Gasteiger partial charge in [0.1, 0.15) is 16.1 Å². The third-order valence-corrected chi connectivity index (χ3v) is 7.85. The van der Waals surface area contributed by atoms with Gasteiger partial charge in [-0.3, -0.25) is 9.69 Å². The first-order valence-corrected chi connectivity index (χ1v) is 13.7. The number of nitrogens with zero attached hydrogens (tertiary/aromatic N) is 4. The number of pyridine rings is 1. The first kappa shape index (κ1) is 24.6. The summed E-state index contributed by atoms with van der Waals surface area (Å²) in [4.78, 5) is 24.4. The number of piperazine rings is 1. The fourth-order valence-corrected chi connectivity index (χ4v) is 5.55. The van der Waals surface area contributed by atoms with E-state index >= 15 is 0 Å². The van der Waals surface area contributed by atoms with Crippen molar-refractivity contribution in [3.05, 3.63) is 119 Å². The molecule has 6 rings (SSSR count). The zero-order valence-electron chi connectivity index (χ0n) is 21.0. The second kappa shape index (κ2) is 11.0. The molecule has 0 aliphatic carbocycles. The van der Waals surface area contributed by atoms with Crippen molar-refractivity contribution in [3.8, 4) is 11.5 Å². The normalized spacial score (nSPS) is 18.2. The molecule has 38 heavy (non-hydrogen) atoms. The minimum Gasteiger partial charge on any atom is -0.456 e. The topological polar surface area (TPSA) is 48.9 Å². The molecule has 1 amide bonds. The standard InChI is InChI=1S/C31H29BrN4O2/c32-30-16-15-28(19-33-30)38-27-13-11-25(12-14-27)35-20-26(21-35)36-18-17-34(31(37)24-9-5-2-6-10-24)22-29(36)23-7-3-1-4-8-23/h1-16,19,26,29H,17-18,20-22H2. The van der Waals surface area contributed by atoms with Crippen LogP contribution in [0.2, 0.25) is 0 Å². The van der Waals surface area contributed by atoms with E-state index in [4.69, 9.17) is 4.74 Å². The minimum atomic E-state index is 0.114. The quantitative estimate of drug-likeness (QED) is 0.266. The molecule has 2 aliphatic rings. The second-order valence-electron chi connectivity index (χ2n) is 9.75. The molecule has 7 heteroatoms. The van der Waals surface area contributed by atoms with Gasteiger partial charge in [-0.1, -0.05) is 48.5 Å². The number of aromatic nitrogens is 1. The highest BCUT2D eigenvalue weighted by Crippen LogP contribution is 2.34. The van der Waals surface area contributed by atoms with E-state index in [2.05, 4.69) is 73.2 Å². The number of amides is 1. The molecular weight excluding hydrogens is 540 g/mol. The van der Waals surface area contributed by atoms with Crippen LogP contribution in [0, 0.1) is 0 Å². The molecular formula is C31H29BrN4O2. The van der Waals surface area contributed by atoms with Gasteiger partial charge in [-0.05, 0) is 70.0 Å². The summed E-state index contributed by atoms with van der Waals surface area (Å²) < 4.78 is 6.70. The van der Waals surface area contributed by atoms with E-state index in [1.54, 1.807) is 6.20 Å². The van der Waals surface area contributed by atoms with Crippen LogP contribution in [0.5, 0.6) is 11.5 Å². The Labute approximate surface area is 231 Å². The number of rotatable bonds is 6. The summed E-state index contributed by atoms with van der Waals surface area (Å²) >= 11 is 3.35. The van der Waals surface area contributed by atoms with E-state index in [9.17, 15) is 4.79 Å². The van der Waals surface area contributed by atoms with Crippen LogP contribution in [-0.2, 0) is 0 Å². The number of benzene rings is 3. The predicted molar refractivity (Wildman–Crippen MR) is 153 cm³/mol. The number of anilines is 1. The fraction of sp³-hybridized carbons (Fsp3) is 0.226. The van der Waals surface area contributed by atoms with Crippen molar-refractivity contribution in [1.82, 2.24) is 14.8 Å². The van der Waals surface area contributed by atoms with Gasteiger partial charge in [0.2, 0.25) is 0 Å². The molecule has 3 aromatic carbocycles. The maximum Gasteiger partial charge on any atom is 0.253 e. The lowest BCUT2D eigenvalue weighted by atomic mass is 9.96. The van der Waals surface area contributed by atoms with Gasteiger partial charge in [0, 0.05) is 50.0 Å². The Kier molecular flexibility index (Phi) is 7.12. The summed E-state index contributed by atoms with van der Waals surface area (Å²) in [6, 6.07) is 32.8. The average molecular weight is 570 g/mol. The van der Waals surface area contributed by atoms with Crippen LogP contribution in [-0.4, -0.2) is 59.5 Å². The predicted octanol–water partition coefficient (Wildman–Crippen LogP) is 6.02. The molecule has 6 nitrogen and oxygen atoms in total. The molecule has 0 radical (unpaired) electrons. The Morgan fingerprint density at radius 3 is 2.16 bits per heavy atom. The van der Waals surface area contributed by atoms with Crippen molar-refractivity contribution in [1.29, 1.82) is 0 Å². The van der Waals surface area contributed by atoms with Crippen LogP contribution in [0.25, 0.3) is 0 Å². The molecule has 2 fully saturated rings. The highest BCUT2D eigenvalue weighted by molar-refractivity contribution is 9.10. The molecule has 0 N–H and O–H groups in total. The van der Waals surface area contributed by atoms with E-state index in [1.165, 1.54) is 11.3 Å². The molecule has 0 bridgehead atoms. The van der Waals surface area contributed by atoms with Crippen molar-refractivity contribution in [2.75, 3.05) is 37.6 Å². The largest absolute Gasteiger partial charge is 0.456 e. The van der Waals surface area contributed by atoms with Crippen LogP contribution in [0.3, 0.4) is 0 Å². The van der Waals surface area contributed by atoms with Gasteiger partial charge < -0.3 is 14.5 Å². The molecule has 1 atom stereocenters. The van der Waals surface area contributed by atoms with Gasteiger partial charge in [0.15, 0.2) is 0 Å². The smallest absolute Gasteiger partial charge is 0.253 e. The minimum absolute atomic E-state index is 0.114. The molecule has 2 saturated heterocycles. The van der Waals surface area contributed by atoms with E-state index in [0.29, 0.717) is 18.3 Å². The molecule has 0 saturated carbocycles. The molecule has 192 valence electrons. The molecule has 3 heterocycles. The van der Waals surface area contributed by atoms with Gasteiger partial charge >= 0.3 is 0 Å². The lowest BCUT2D eigenvalue weighted by molar-refractivity contribution is 0.0252. The van der Waals surface area contributed by atoms with Gasteiger partial charge in [0.25, 0.3) is 5.91 Å². The average Bonchev–Trinajstić information content (AvgIpc) is 2.95. The zero-order chi connectivity index (χ0) is 25.9. The number of hydrogen-bond acceptors (Lipinski definition) is 5. The van der Waals surface area contributed by atoms with E-state index in [-0.39, 0.29) is 11.9 Å². The van der Waals surface area contributed by atoms with Crippen molar-refractivity contribution < 1.29 is 9.53 Å².